The van der Waals surface area contributed by atoms with Crippen LogP contribution in [-0.4, -0.2) is 51.7 Å². The molecule has 32 heavy (non-hydrogen) atoms. The summed E-state index contributed by atoms with van der Waals surface area (Å²) in [6.45, 7) is 2.50. The van der Waals surface area contributed by atoms with Gasteiger partial charge in [0.2, 0.25) is 5.91 Å². The number of nitrogens with zero attached hydrogens (tertiary/aromatic N) is 3. The lowest BCUT2D eigenvalue weighted by Crippen LogP contribution is -2.36. The van der Waals surface area contributed by atoms with Crippen molar-refractivity contribution in [3.05, 3.63) is 66.4 Å². The number of aryl methyl sites for hydroxylation is 1. The van der Waals surface area contributed by atoms with Gasteiger partial charge in [-0.15, -0.1) is 0 Å². The van der Waals surface area contributed by atoms with E-state index in [-0.39, 0.29) is 23.6 Å². The summed E-state index contributed by atoms with van der Waals surface area (Å²) in [4.78, 5) is 31.4. The molecule has 2 amide bonds. The lowest BCUT2D eigenvalue weighted by Gasteiger charge is -2.26. The summed E-state index contributed by atoms with van der Waals surface area (Å²) in [6.07, 6.45) is 7.54. The van der Waals surface area contributed by atoms with E-state index in [0.717, 1.165) is 24.0 Å². The Morgan fingerprint density at radius 2 is 1.97 bits per heavy atom. The largest absolute Gasteiger partial charge is 0.468 e. The molecule has 3 aromatic rings. The van der Waals surface area contributed by atoms with E-state index in [0.29, 0.717) is 17.8 Å². The van der Waals surface area contributed by atoms with Crippen LogP contribution in [0.5, 0.6) is 0 Å². The summed E-state index contributed by atoms with van der Waals surface area (Å²) in [5.41, 5.74) is 1.20. The van der Waals surface area contributed by atoms with Crippen LogP contribution in [-0.2, 0) is 11.8 Å². The molecule has 0 bridgehead atoms. The summed E-state index contributed by atoms with van der Waals surface area (Å²) in [5.74, 6) is 0.859. The van der Waals surface area contributed by atoms with Gasteiger partial charge >= 0.3 is 0 Å². The quantitative estimate of drug-likeness (QED) is 0.483. The van der Waals surface area contributed by atoms with Gasteiger partial charge in [-0.05, 0) is 62.3 Å². The zero-order chi connectivity index (χ0) is 22.3. The number of benzene rings is 1. The third-order valence-electron chi connectivity index (χ3n) is 5.45. The molecule has 9 heteroatoms. The number of hydrogen-bond donors (Lipinski definition) is 2. The molecular formula is C23H27N5O3S. The molecule has 2 N–H and O–H groups in total. The molecule has 1 fully saturated rings. The van der Waals surface area contributed by atoms with Crippen molar-refractivity contribution < 1.29 is 14.0 Å². The molecule has 1 aliphatic rings. The van der Waals surface area contributed by atoms with Crippen LogP contribution in [0.3, 0.4) is 0 Å². The number of carbonyl (C=O) groups excluding carboxylic acids is 2. The molecular weight excluding hydrogens is 426 g/mol. The number of hydrogen-bond acceptors (Lipinski definition) is 6. The van der Waals surface area contributed by atoms with E-state index >= 15 is 0 Å². The van der Waals surface area contributed by atoms with Crippen molar-refractivity contribution >= 4 is 29.3 Å². The smallest absolute Gasteiger partial charge is 0.251 e. The molecule has 0 saturated carbocycles. The minimum atomic E-state index is -0.149. The topological polar surface area (TPSA) is 92.4 Å². The number of rotatable bonds is 9. The number of aromatic nitrogens is 2. The molecule has 1 saturated heterocycles. The molecule has 0 spiro atoms. The highest BCUT2D eigenvalue weighted by atomic mass is 32.2. The Morgan fingerprint density at radius 3 is 2.62 bits per heavy atom. The Morgan fingerprint density at radius 1 is 1.19 bits per heavy atom. The molecule has 1 aromatic carbocycles. The SMILES string of the molecule is Cn1ccnc1SCC(=O)Nc1ccc(C(=O)NCC(c2ccco2)N2CCCC2)cc1. The van der Waals surface area contributed by atoms with E-state index in [9.17, 15) is 9.59 Å². The predicted octanol–water partition coefficient (Wildman–Crippen LogP) is 3.31. The Labute approximate surface area is 191 Å². The second kappa shape index (κ2) is 10.5. The van der Waals surface area contributed by atoms with Crippen LogP contribution in [0.15, 0.2) is 64.6 Å². The highest BCUT2D eigenvalue weighted by molar-refractivity contribution is 7.99. The van der Waals surface area contributed by atoms with Crippen LogP contribution < -0.4 is 10.6 Å². The summed E-state index contributed by atoms with van der Waals surface area (Å²) in [5, 5.41) is 6.66. The van der Waals surface area contributed by atoms with E-state index in [1.54, 1.807) is 36.7 Å². The first-order valence-electron chi connectivity index (χ1n) is 10.7. The predicted molar refractivity (Wildman–Crippen MR) is 124 cm³/mol. The number of anilines is 1. The van der Waals surface area contributed by atoms with E-state index in [1.165, 1.54) is 24.6 Å². The maximum atomic E-state index is 12.7. The van der Waals surface area contributed by atoms with Gasteiger partial charge in [0.25, 0.3) is 5.91 Å². The first kappa shape index (κ1) is 22.2. The fraction of sp³-hybridized carbons (Fsp3) is 0.348. The van der Waals surface area contributed by atoms with Crippen LogP contribution in [0.25, 0.3) is 0 Å². The fourth-order valence-corrected chi connectivity index (χ4v) is 4.49. The first-order valence-corrected chi connectivity index (χ1v) is 11.6. The van der Waals surface area contributed by atoms with E-state index in [4.69, 9.17) is 4.42 Å². The summed E-state index contributed by atoms with van der Waals surface area (Å²) in [7, 11) is 1.89. The van der Waals surface area contributed by atoms with E-state index in [2.05, 4.69) is 20.5 Å². The van der Waals surface area contributed by atoms with Crippen molar-refractivity contribution in [3.63, 3.8) is 0 Å². The monoisotopic (exact) mass is 453 g/mol. The Kier molecular flexibility index (Phi) is 7.28. The minimum absolute atomic E-state index is 0.0335. The number of furan rings is 1. The number of nitrogens with one attached hydrogen (secondary N) is 2. The van der Waals surface area contributed by atoms with Crippen molar-refractivity contribution in [2.45, 2.75) is 24.0 Å². The van der Waals surface area contributed by atoms with Crippen molar-refractivity contribution in [3.8, 4) is 0 Å². The lowest BCUT2D eigenvalue weighted by atomic mass is 10.1. The molecule has 168 valence electrons. The highest BCUT2D eigenvalue weighted by Gasteiger charge is 2.26. The average molecular weight is 454 g/mol. The van der Waals surface area contributed by atoms with Gasteiger partial charge < -0.3 is 19.6 Å². The molecule has 3 heterocycles. The van der Waals surface area contributed by atoms with E-state index in [1.807, 2.05) is 29.9 Å². The van der Waals surface area contributed by atoms with Crippen molar-refractivity contribution in [1.82, 2.24) is 19.8 Å². The number of likely N-dealkylation sites (tertiary alicyclic amines) is 1. The van der Waals surface area contributed by atoms with Gasteiger partial charge in [0.15, 0.2) is 5.16 Å². The average Bonchev–Trinajstić information content (AvgIpc) is 3.57. The molecule has 1 aliphatic heterocycles. The summed E-state index contributed by atoms with van der Waals surface area (Å²) in [6, 6.07) is 10.8. The molecule has 0 aliphatic carbocycles. The van der Waals surface area contributed by atoms with Crippen LogP contribution in [0.1, 0.15) is 35.0 Å². The van der Waals surface area contributed by atoms with Crippen LogP contribution in [0, 0.1) is 0 Å². The van der Waals surface area contributed by atoms with Gasteiger partial charge in [0.05, 0.1) is 18.1 Å². The Bertz CT molecular complexity index is 1030. The fourth-order valence-electron chi connectivity index (χ4n) is 3.76. The van der Waals surface area contributed by atoms with Crippen molar-refractivity contribution in [2.75, 3.05) is 30.7 Å². The van der Waals surface area contributed by atoms with Crippen molar-refractivity contribution in [2.24, 2.45) is 7.05 Å². The second-order valence-corrected chi connectivity index (χ2v) is 8.66. The summed E-state index contributed by atoms with van der Waals surface area (Å²) >= 11 is 1.37. The van der Waals surface area contributed by atoms with Gasteiger partial charge in [0.1, 0.15) is 5.76 Å². The minimum Gasteiger partial charge on any atom is -0.468 e. The third-order valence-corrected chi connectivity index (χ3v) is 6.51. The van der Waals surface area contributed by atoms with Crippen molar-refractivity contribution in [1.29, 1.82) is 0 Å². The Hall–Kier alpha value is -3.04. The number of thioether (sulfide) groups is 1. The first-order chi connectivity index (χ1) is 15.6. The van der Waals surface area contributed by atoms with Crippen LogP contribution >= 0.6 is 11.8 Å². The lowest BCUT2D eigenvalue weighted by molar-refractivity contribution is -0.113. The van der Waals surface area contributed by atoms with Gasteiger partial charge in [-0.3, -0.25) is 14.5 Å². The van der Waals surface area contributed by atoms with Gasteiger partial charge in [-0.1, -0.05) is 11.8 Å². The molecule has 1 unspecified atom stereocenters. The Balaban J connectivity index is 1.28. The maximum Gasteiger partial charge on any atom is 0.251 e. The molecule has 2 aromatic heterocycles. The number of imidazole rings is 1. The normalized spacial score (nSPS) is 14.9. The van der Waals surface area contributed by atoms with Crippen LogP contribution in [0.4, 0.5) is 5.69 Å². The molecule has 0 radical (unpaired) electrons. The summed E-state index contributed by atoms with van der Waals surface area (Å²) < 4.78 is 7.48. The molecule has 4 rings (SSSR count). The second-order valence-electron chi connectivity index (χ2n) is 7.72. The maximum absolute atomic E-state index is 12.7. The third kappa shape index (κ3) is 5.60. The zero-order valence-corrected chi connectivity index (χ0v) is 18.8. The molecule has 8 nitrogen and oxygen atoms in total. The van der Waals surface area contributed by atoms with E-state index < -0.39 is 0 Å². The number of amides is 2. The van der Waals surface area contributed by atoms with Gasteiger partial charge in [-0.2, -0.15) is 0 Å². The zero-order valence-electron chi connectivity index (χ0n) is 18.0. The molecule has 1 atom stereocenters. The highest BCUT2D eigenvalue weighted by Crippen LogP contribution is 2.25. The van der Waals surface area contributed by atoms with Crippen LogP contribution in [0.2, 0.25) is 0 Å². The standard InChI is InChI=1S/C23H27N5O3S/c1-27-13-10-24-23(27)32-16-21(29)26-18-8-6-17(7-9-18)22(30)25-15-19(20-5-4-14-31-20)28-11-2-3-12-28/h4-10,13-14,19H,2-3,11-12,15-16H2,1H3,(H,25,30)(H,26,29). The number of carbonyl (C=O) groups is 2. The van der Waals surface area contributed by atoms with Gasteiger partial charge in [0, 0.05) is 37.2 Å². The van der Waals surface area contributed by atoms with Gasteiger partial charge in [-0.25, -0.2) is 4.98 Å².